The van der Waals surface area contributed by atoms with Crippen molar-refractivity contribution in [3.8, 4) is 0 Å². The van der Waals surface area contributed by atoms with Gasteiger partial charge in [-0.2, -0.15) is 4.39 Å². The van der Waals surface area contributed by atoms with Crippen molar-refractivity contribution in [3.63, 3.8) is 0 Å². The summed E-state index contributed by atoms with van der Waals surface area (Å²) in [5.41, 5.74) is -0.623. The smallest absolute Gasteiger partial charge is 0.258 e. The maximum absolute atomic E-state index is 13.0. The van der Waals surface area contributed by atoms with Gasteiger partial charge in [0.25, 0.3) is 0 Å². The van der Waals surface area contributed by atoms with Crippen LogP contribution in [0, 0.1) is 19.5 Å². The summed E-state index contributed by atoms with van der Waals surface area (Å²) in [5.74, 6) is -0.859. The summed E-state index contributed by atoms with van der Waals surface area (Å²) in [6.45, 7) is 0. The zero-order chi connectivity index (χ0) is 9.30. The molecule has 0 atom stereocenters. The van der Waals surface area contributed by atoms with Crippen molar-refractivity contribution in [2.75, 3.05) is 0 Å². The molecule has 0 bridgehead atoms. The molecule has 1 rings (SSSR count). The molecule has 7 heteroatoms. The molecule has 4 nitrogen and oxygen atoms in total. The van der Waals surface area contributed by atoms with Crippen LogP contribution in [0.4, 0.5) is 10.1 Å². The predicted octanol–water partition coefficient (Wildman–Crippen LogP) is 2.50. The molecular weight excluding hydrogens is 346 g/mol. The summed E-state index contributed by atoms with van der Waals surface area (Å²) < 4.78 is 13.0. The molecule has 0 aromatic carbocycles. The summed E-state index contributed by atoms with van der Waals surface area (Å²) in [7, 11) is 0. The van der Waals surface area contributed by atoms with Gasteiger partial charge in [-0.05, 0) is 38.5 Å². The Morgan fingerprint density at radius 2 is 2.33 bits per heavy atom. The fourth-order valence-electron chi connectivity index (χ4n) is 0.590. The lowest BCUT2D eigenvalue weighted by Crippen LogP contribution is -1.97. The number of rotatable bonds is 1. The van der Waals surface area contributed by atoms with Gasteiger partial charge in [0, 0.05) is 6.20 Å². The van der Waals surface area contributed by atoms with Crippen LogP contribution in [0.25, 0.3) is 0 Å². The summed E-state index contributed by atoms with van der Waals surface area (Å²) in [6.07, 6.45) is 1.22. The number of aromatic nitrogens is 1. The molecule has 0 aliphatic rings. The van der Waals surface area contributed by atoms with Crippen LogP contribution >= 0.6 is 38.5 Å². The molecule has 0 radical (unpaired) electrons. The van der Waals surface area contributed by atoms with Gasteiger partial charge in [-0.25, -0.2) is 4.98 Å². The van der Waals surface area contributed by atoms with E-state index in [4.69, 9.17) is 0 Å². The summed E-state index contributed by atoms with van der Waals surface area (Å²) in [4.78, 5) is 13.1. The first-order valence-electron chi connectivity index (χ1n) is 2.68. The molecule has 0 unspecified atom stereocenters. The van der Waals surface area contributed by atoms with E-state index in [0.717, 1.165) is 0 Å². The van der Waals surface area contributed by atoms with Crippen LogP contribution in [0.3, 0.4) is 0 Å². The monoisotopic (exact) mass is 346 g/mol. The van der Waals surface area contributed by atoms with Gasteiger partial charge in [-0.15, -0.1) is 0 Å². The average Bonchev–Trinajstić information content (AvgIpc) is 1.97. The van der Waals surface area contributed by atoms with Gasteiger partial charge in [0.05, 0.1) is 8.49 Å². The number of hydrogen-bond acceptors (Lipinski definition) is 3. The first kappa shape index (κ1) is 9.78. The lowest BCUT2D eigenvalue weighted by molar-refractivity contribution is -0.388. The van der Waals surface area contributed by atoms with Gasteiger partial charge < -0.3 is 0 Å². The van der Waals surface area contributed by atoms with E-state index >= 15 is 0 Å². The lowest BCUT2D eigenvalue weighted by Gasteiger charge is -1.96. The topological polar surface area (TPSA) is 56.0 Å². The van der Waals surface area contributed by atoms with E-state index < -0.39 is 16.4 Å². The molecule has 1 aromatic heterocycles. The van der Waals surface area contributed by atoms with Crippen molar-refractivity contribution in [1.29, 1.82) is 0 Å². The minimum Gasteiger partial charge on any atom is -0.258 e. The quantitative estimate of drug-likeness (QED) is 0.340. The van der Waals surface area contributed by atoms with E-state index in [1.165, 1.54) is 6.20 Å². The van der Waals surface area contributed by atoms with E-state index in [1.54, 1.807) is 22.6 Å². The molecule has 64 valence electrons. The maximum atomic E-state index is 13.0. The third-order valence-electron chi connectivity index (χ3n) is 1.09. The first-order chi connectivity index (χ1) is 5.54. The first-order valence-corrected chi connectivity index (χ1v) is 4.55. The third-order valence-corrected chi connectivity index (χ3v) is 2.42. The van der Waals surface area contributed by atoms with Gasteiger partial charge in [0.15, 0.2) is 4.60 Å². The average molecular weight is 347 g/mol. The van der Waals surface area contributed by atoms with Crippen LogP contribution in [-0.2, 0) is 0 Å². The van der Waals surface area contributed by atoms with Gasteiger partial charge in [-0.3, -0.25) is 10.1 Å². The van der Waals surface area contributed by atoms with E-state index in [-0.39, 0.29) is 8.17 Å². The normalized spacial score (nSPS) is 9.92. The second kappa shape index (κ2) is 3.60. The Hall–Kier alpha value is -0.310. The molecule has 0 aliphatic carbocycles. The number of pyridine rings is 1. The van der Waals surface area contributed by atoms with Crippen molar-refractivity contribution in [2.24, 2.45) is 0 Å². The number of halogens is 3. The predicted molar refractivity (Wildman–Crippen MR) is 51.3 cm³/mol. The van der Waals surface area contributed by atoms with Crippen molar-refractivity contribution >= 4 is 44.2 Å². The van der Waals surface area contributed by atoms with Gasteiger partial charge >= 0.3 is 5.69 Å². The summed E-state index contributed by atoms with van der Waals surface area (Å²) in [6, 6.07) is 0. The molecule has 12 heavy (non-hydrogen) atoms. The van der Waals surface area contributed by atoms with E-state index in [1.807, 2.05) is 0 Å². The van der Waals surface area contributed by atoms with Crippen molar-refractivity contribution < 1.29 is 9.31 Å². The Labute approximate surface area is 88.6 Å². The highest BCUT2D eigenvalue weighted by molar-refractivity contribution is 14.1. The van der Waals surface area contributed by atoms with Crippen LogP contribution in [0.5, 0.6) is 0 Å². The third kappa shape index (κ3) is 1.71. The zero-order valence-corrected chi connectivity index (χ0v) is 9.17. The van der Waals surface area contributed by atoms with Crippen molar-refractivity contribution in [1.82, 2.24) is 4.98 Å². The molecule has 0 aliphatic heterocycles. The fraction of sp³-hybridized carbons (Fsp3) is 0. The van der Waals surface area contributed by atoms with Crippen LogP contribution in [0.15, 0.2) is 10.8 Å². The highest BCUT2D eigenvalue weighted by atomic mass is 127. The summed E-state index contributed by atoms with van der Waals surface area (Å²) in [5, 5.41) is 10.3. The van der Waals surface area contributed by atoms with Gasteiger partial charge in [0.2, 0.25) is 5.82 Å². The highest BCUT2D eigenvalue weighted by Gasteiger charge is 2.22. The van der Waals surface area contributed by atoms with E-state index in [9.17, 15) is 14.5 Å². The molecule has 0 saturated heterocycles. The van der Waals surface area contributed by atoms with E-state index in [0.29, 0.717) is 0 Å². The number of hydrogen-bond donors (Lipinski definition) is 0. The molecule has 0 saturated carbocycles. The minimum absolute atomic E-state index is 0.0922. The molecule has 1 aromatic rings. The second-order valence-corrected chi connectivity index (χ2v) is 3.73. The molecule has 0 spiro atoms. The largest absolute Gasteiger partial charge is 0.338 e. The van der Waals surface area contributed by atoms with Crippen LogP contribution < -0.4 is 0 Å². The molecule has 1 heterocycles. The number of nitro groups is 1. The molecule has 0 fully saturated rings. The van der Waals surface area contributed by atoms with E-state index in [2.05, 4.69) is 20.9 Å². The number of nitrogens with zero attached hydrogens (tertiary/aromatic N) is 2. The zero-order valence-electron chi connectivity index (χ0n) is 5.42. The Morgan fingerprint density at radius 3 is 2.75 bits per heavy atom. The Kier molecular flexibility index (Phi) is 2.94. The van der Waals surface area contributed by atoms with Crippen LogP contribution in [0.1, 0.15) is 0 Å². The van der Waals surface area contributed by atoms with Crippen molar-refractivity contribution in [3.05, 3.63) is 30.3 Å². The minimum atomic E-state index is -0.859. The molecule has 0 amide bonds. The Morgan fingerprint density at radius 1 is 1.75 bits per heavy atom. The maximum Gasteiger partial charge on any atom is 0.338 e. The Balaban J connectivity index is 3.43. The Bertz CT molecular complexity index is 346. The SMILES string of the molecule is O=[N+]([O-])c1c(Br)ncc(I)c1F. The standard InChI is InChI=1S/C5HBrFIN2O2/c6-5-4(10(11)12)3(7)2(8)1-9-5/h1H. The van der Waals surface area contributed by atoms with Gasteiger partial charge in [-0.1, -0.05) is 0 Å². The second-order valence-electron chi connectivity index (χ2n) is 1.82. The fourth-order valence-corrected chi connectivity index (χ4v) is 1.41. The van der Waals surface area contributed by atoms with Crippen molar-refractivity contribution in [2.45, 2.75) is 0 Å². The van der Waals surface area contributed by atoms with Crippen LogP contribution in [0.2, 0.25) is 0 Å². The van der Waals surface area contributed by atoms with Crippen LogP contribution in [-0.4, -0.2) is 9.91 Å². The van der Waals surface area contributed by atoms with Gasteiger partial charge in [0.1, 0.15) is 0 Å². The molecule has 0 N–H and O–H groups in total. The lowest BCUT2D eigenvalue weighted by atomic mass is 10.4. The summed E-state index contributed by atoms with van der Waals surface area (Å²) >= 11 is 4.42. The molecular formula is C5HBrFIN2O2. The highest BCUT2D eigenvalue weighted by Crippen LogP contribution is 2.27.